The molecule has 4 rings (SSSR count). The number of quaternary nitrogens is 1. The molecule has 1 aromatic heterocycles. The third kappa shape index (κ3) is 0.891. The minimum Gasteiger partial charge on any atom is -0.308 e. The SMILES string of the molecule is O=c1[nH]cnc2c1[NH+]1CCC2CC1. The normalized spacial score (nSPS) is 30.2. The van der Waals surface area contributed by atoms with Gasteiger partial charge in [0.1, 0.15) is 5.69 Å². The van der Waals surface area contributed by atoms with Crippen LogP contribution in [-0.2, 0) is 0 Å². The number of rotatable bonds is 0. The van der Waals surface area contributed by atoms with Crippen molar-refractivity contribution >= 4 is 5.69 Å². The Morgan fingerprint density at radius 2 is 2.23 bits per heavy atom. The summed E-state index contributed by atoms with van der Waals surface area (Å²) >= 11 is 0. The van der Waals surface area contributed by atoms with E-state index in [0.29, 0.717) is 5.92 Å². The van der Waals surface area contributed by atoms with E-state index >= 15 is 0 Å². The molecule has 0 amide bonds. The first-order valence-corrected chi connectivity index (χ1v) is 4.79. The van der Waals surface area contributed by atoms with Gasteiger partial charge < -0.3 is 4.98 Å². The van der Waals surface area contributed by atoms with Crippen LogP contribution in [0.2, 0.25) is 0 Å². The summed E-state index contributed by atoms with van der Waals surface area (Å²) in [6.45, 7) is 2.21. The summed E-state index contributed by atoms with van der Waals surface area (Å²) in [5.74, 6) is 0.551. The average molecular weight is 178 g/mol. The van der Waals surface area contributed by atoms with E-state index in [0.717, 1.165) is 24.5 Å². The van der Waals surface area contributed by atoms with Gasteiger partial charge >= 0.3 is 5.56 Å². The number of aromatic amines is 1. The number of nitrogens with one attached hydrogen (secondary N) is 2. The highest BCUT2D eigenvalue weighted by atomic mass is 16.1. The molecular weight excluding hydrogens is 166 g/mol. The van der Waals surface area contributed by atoms with Crippen LogP contribution in [0.1, 0.15) is 24.5 Å². The Kier molecular flexibility index (Phi) is 1.35. The second-order valence-corrected chi connectivity index (χ2v) is 3.87. The zero-order valence-electron chi connectivity index (χ0n) is 7.34. The fraction of sp³-hybridized carbons (Fsp3) is 0.556. The van der Waals surface area contributed by atoms with Gasteiger partial charge in [0.15, 0.2) is 0 Å². The Bertz CT molecular complexity index is 390. The fourth-order valence-electron chi connectivity index (χ4n) is 2.55. The van der Waals surface area contributed by atoms with Crippen molar-refractivity contribution in [3.8, 4) is 0 Å². The van der Waals surface area contributed by atoms with E-state index in [-0.39, 0.29) is 5.56 Å². The van der Waals surface area contributed by atoms with Gasteiger partial charge in [0.05, 0.1) is 19.4 Å². The van der Waals surface area contributed by atoms with Crippen molar-refractivity contribution in [1.82, 2.24) is 9.97 Å². The molecular formula is C9H12N3O+. The van der Waals surface area contributed by atoms with Gasteiger partial charge in [0, 0.05) is 18.8 Å². The van der Waals surface area contributed by atoms with Crippen LogP contribution in [0.5, 0.6) is 0 Å². The molecule has 0 aromatic carbocycles. The van der Waals surface area contributed by atoms with Gasteiger partial charge in [-0.1, -0.05) is 0 Å². The highest BCUT2D eigenvalue weighted by Gasteiger charge is 2.38. The first kappa shape index (κ1) is 7.26. The summed E-state index contributed by atoms with van der Waals surface area (Å²) in [5, 5.41) is 0. The Balaban J connectivity index is 2.29. The van der Waals surface area contributed by atoms with Crippen LogP contribution in [0.4, 0.5) is 5.69 Å². The Morgan fingerprint density at radius 1 is 1.46 bits per heavy atom. The number of fused-ring (bicyclic) bond motifs is 2. The maximum absolute atomic E-state index is 11.5. The molecule has 0 spiro atoms. The lowest BCUT2D eigenvalue weighted by molar-refractivity contribution is -0.845. The van der Waals surface area contributed by atoms with Gasteiger partial charge in [0.25, 0.3) is 0 Å². The van der Waals surface area contributed by atoms with Gasteiger partial charge in [-0.05, 0) is 0 Å². The second kappa shape index (κ2) is 2.42. The quantitative estimate of drug-likeness (QED) is 0.545. The molecule has 4 nitrogen and oxygen atoms in total. The largest absolute Gasteiger partial charge is 0.312 e. The summed E-state index contributed by atoms with van der Waals surface area (Å²) < 4.78 is 0. The zero-order valence-corrected chi connectivity index (χ0v) is 7.34. The first-order valence-electron chi connectivity index (χ1n) is 4.79. The molecule has 3 aliphatic heterocycles. The Hall–Kier alpha value is -1.16. The maximum atomic E-state index is 11.5. The van der Waals surface area contributed by atoms with Gasteiger partial charge in [0.2, 0.25) is 5.69 Å². The minimum atomic E-state index is 0.0596. The number of nitrogens with zero attached hydrogens (tertiary/aromatic N) is 1. The van der Waals surface area contributed by atoms with Crippen LogP contribution >= 0.6 is 0 Å². The third-order valence-corrected chi connectivity index (χ3v) is 3.21. The van der Waals surface area contributed by atoms with Gasteiger partial charge in [-0.2, -0.15) is 0 Å². The lowest BCUT2D eigenvalue weighted by Gasteiger charge is -2.35. The van der Waals surface area contributed by atoms with Crippen molar-refractivity contribution in [2.24, 2.45) is 0 Å². The van der Waals surface area contributed by atoms with Crippen molar-refractivity contribution in [2.45, 2.75) is 18.8 Å². The van der Waals surface area contributed by atoms with Crippen molar-refractivity contribution < 1.29 is 4.90 Å². The number of H-pyrrole nitrogens is 1. The van der Waals surface area contributed by atoms with Gasteiger partial charge in [-0.25, -0.2) is 4.98 Å². The van der Waals surface area contributed by atoms with Gasteiger partial charge in [-0.3, -0.25) is 9.69 Å². The second-order valence-electron chi connectivity index (χ2n) is 3.87. The first-order chi connectivity index (χ1) is 6.36. The van der Waals surface area contributed by atoms with E-state index in [1.54, 1.807) is 0 Å². The van der Waals surface area contributed by atoms with E-state index < -0.39 is 0 Å². The fourth-order valence-corrected chi connectivity index (χ4v) is 2.55. The molecule has 3 aliphatic rings. The third-order valence-electron chi connectivity index (χ3n) is 3.21. The monoisotopic (exact) mass is 178 g/mol. The molecule has 1 aromatic rings. The molecule has 0 unspecified atom stereocenters. The molecule has 13 heavy (non-hydrogen) atoms. The van der Waals surface area contributed by atoms with E-state index in [1.165, 1.54) is 24.1 Å². The molecule has 2 bridgehead atoms. The highest BCUT2D eigenvalue weighted by molar-refractivity contribution is 5.36. The summed E-state index contributed by atoms with van der Waals surface area (Å²) in [7, 11) is 0. The summed E-state index contributed by atoms with van der Waals surface area (Å²) in [5.41, 5.74) is 2.02. The van der Waals surface area contributed by atoms with Crippen LogP contribution in [0.3, 0.4) is 0 Å². The van der Waals surface area contributed by atoms with Crippen LogP contribution in [0.15, 0.2) is 11.1 Å². The standard InChI is InChI=1S/C9H11N3O/c13-9-8-7(10-5-11-9)6-1-3-12(8)4-2-6/h5-6H,1-4H2,(H,10,11,13)/p+1. The molecule has 0 aliphatic carbocycles. The molecule has 0 radical (unpaired) electrons. The minimum absolute atomic E-state index is 0.0596. The van der Waals surface area contributed by atoms with E-state index in [9.17, 15) is 4.79 Å². The Morgan fingerprint density at radius 3 is 2.92 bits per heavy atom. The zero-order chi connectivity index (χ0) is 8.84. The molecule has 4 heteroatoms. The smallest absolute Gasteiger partial charge is 0.308 e. The lowest BCUT2D eigenvalue weighted by atomic mass is 9.87. The van der Waals surface area contributed by atoms with Crippen molar-refractivity contribution in [3.05, 3.63) is 22.4 Å². The summed E-state index contributed by atoms with van der Waals surface area (Å²) in [6, 6.07) is 0. The topological polar surface area (TPSA) is 50.2 Å². The average Bonchev–Trinajstić information content (AvgIpc) is 2.20. The predicted octanol–water partition coefficient (Wildman–Crippen LogP) is -0.823. The van der Waals surface area contributed by atoms with Crippen LogP contribution < -0.4 is 10.5 Å². The van der Waals surface area contributed by atoms with E-state index in [4.69, 9.17) is 0 Å². The molecule has 4 heterocycles. The number of hydrogen-bond acceptors (Lipinski definition) is 2. The van der Waals surface area contributed by atoms with Crippen LogP contribution in [0, 0.1) is 0 Å². The summed E-state index contributed by atoms with van der Waals surface area (Å²) in [6.07, 6.45) is 3.92. The predicted molar refractivity (Wildman–Crippen MR) is 47.2 cm³/mol. The Labute approximate surface area is 75.6 Å². The maximum Gasteiger partial charge on any atom is 0.312 e. The molecule has 2 N–H and O–H groups in total. The molecule has 0 saturated carbocycles. The number of aromatic nitrogens is 2. The van der Waals surface area contributed by atoms with Crippen molar-refractivity contribution in [3.63, 3.8) is 0 Å². The molecule has 1 saturated heterocycles. The van der Waals surface area contributed by atoms with E-state index in [1.807, 2.05) is 0 Å². The number of piperidine rings is 1. The molecule has 0 atom stereocenters. The summed E-state index contributed by atoms with van der Waals surface area (Å²) in [4.78, 5) is 19.8. The number of hydrogen-bond donors (Lipinski definition) is 2. The lowest BCUT2D eigenvalue weighted by Crippen LogP contribution is -3.11. The van der Waals surface area contributed by atoms with E-state index in [2.05, 4.69) is 9.97 Å². The van der Waals surface area contributed by atoms with Crippen LogP contribution in [-0.4, -0.2) is 23.1 Å². The highest BCUT2D eigenvalue weighted by Crippen LogP contribution is 2.29. The molecule has 1 fully saturated rings. The van der Waals surface area contributed by atoms with Crippen molar-refractivity contribution in [1.29, 1.82) is 0 Å². The van der Waals surface area contributed by atoms with Gasteiger partial charge in [-0.15, -0.1) is 0 Å². The van der Waals surface area contributed by atoms with Crippen molar-refractivity contribution in [2.75, 3.05) is 13.1 Å². The van der Waals surface area contributed by atoms with Crippen LogP contribution in [0.25, 0.3) is 0 Å². The molecule has 68 valence electrons.